The van der Waals surface area contributed by atoms with E-state index in [1.807, 2.05) is 6.92 Å². The average Bonchev–Trinajstić information content (AvgIpc) is 1.79. The molecule has 1 aliphatic rings. The Morgan fingerprint density at radius 3 is 2.60 bits per heavy atom. The molecule has 2 nitrogen and oxygen atoms in total. The molecule has 0 aromatic heterocycles. The second-order valence-electron chi connectivity index (χ2n) is 3.00. The molecule has 0 radical (unpaired) electrons. The van der Waals surface area contributed by atoms with E-state index in [-0.39, 0.29) is 5.76 Å². The van der Waals surface area contributed by atoms with Gasteiger partial charge in [0.2, 0.25) is 0 Å². The van der Waals surface area contributed by atoms with E-state index in [4.69, 9.17) is 0 Å². The topological polar surface area (TPSA) is 40.5 Å². The van der Waals surface area contributed by atoms with E-state index in [2.05, 4.69) is 0 Å². The highest BCUT2D eigenvalue weighted by Crippen LogP contribution is 2.24. The summed E-state index contributed by atoms with van der Waals surface area (Å²) < 4.78 is 0. The van der Waals surface area contributed by atoms with Crippen molar-refractivity contribution in [2.24, 2.45) is 0 Å². The Balaban J connectivity index is 2.85. The van der Waals surface area contributed by atoms with E-state index >= 15 is 0 Å². The van der Waals surface area contributed by atoms with E-state index < -0.39 is 5.60 Å². The van der Waals surface area contributed by atoms with Crippen LogP contribution in [-0.4, -0.2) is 15.8 Å². The van der Waals surface area contributed by atoms with Gasteiger partial charge in [-0.15, -0.1) is 0 Å². The predicted octanol–water partition coefficient (Wildman–Crippen LogP) is 1.53. The van der Waals surface area contributed by atoms with E-state index in [0.717, 1.165) is 5.57 Å². The largest absolute Gasteiger partial charge is 0.512 e. The van der Waals surface area contributed by atoms with Crippen molar-refractivity contribution >= 4 is 0 Å². The van der Waals surface area contributed by atoms with Gasteiger partial charge in [0.25, 0.3) is 0 Å². The van der Waals surface area contributed by atoms with Gasteiger partial charge in [0.15, 0.2) is 0 Å². The summed E-state index contributed by atoms with van der Waals surface area (Å²) in [5.74, 6) is 0.285. The zero-order chi connectivity index (χ0) is 7.78. The van der Waals surface area contributed by atoms with Crippen LogP contribution in [0.25, 0.3) is 0 Å². The number of aliphatic hydroxyl groups excluding tert-OH is 1. The van der Waals surface area contributed by atoms with Crippen LogP contribution in [0.3, 0.4) is 0 Å². The van der Waals surface area contributed by atoms with Crippen LogP contribution in [0.5, 0.6) is 0 Å². The van der Waals surface area contributed by atoms with Gasteiger partial charge in [-0.1, -0.05) is 12.2 Å². The molecule has 0 heterocycles. The van der Waals surface area contributed by atoms with Gasteiger partial charge in [-0.25, -0.2) is 0 Å². The summed E-state index contributed by atoms with van der Waals surface area (Å²) in [5.41, 5.74) is -0.0182. The molecule has 0 spiro atoms. The Morgan fingerprint density at radius 1 is 1.60 bits per heavy atom. The lowest BCUT2D eigenvalue weighted by Gasteiger charge is -2.22. The summed E-state index contributed by atoms with van der Waals surface area (Å²) in [7, 11) is 0. The highest BCUT2D eigenvalue weighted by Gasteiger charge is 2.22. The first-order valence-corrected chi connectivity index (χ1v) is 3.32. The Kier molecular flexibility index (Phi) is 1.57. The number of hydrogen-bond acceptors (Lipinski definition) is 2. The van der Waals surface area contributed by atoms with Crippen LogP contribution < -0.4 is 0 Å². The normalized spacial score (nSPS) is 33.1. The van der Waals surface area contributed by atoms with E-state index in [1.54, 1.807) is 19.1 Å². The molecular weight excluding hydrogens is 128 g/mol. The van der Waals surface area contributed by atoms with Crippen LogP contribution in [-0.2, 0) is 0 Å². The van der Waals surface area contributed by atoms with Crippen LogP contribution in [0.15, 0.2) is 23.5 Å². The molecule has 1 rings (SSSR count). The molecule has 0 aromatic carbocycles. The van der Waals surface area contributed by atoms with Gasteiger partial charge >= 0.3 is 0 Å². The van der Waals surface area contributed by atoms with Gasteiger partial charge in [-0.05, 0) is 19.4 Å². The standard InChI is InChI=1S/C8H12O2/c1-6-3-4-8(2,10)5-7(6)9/h3-4,9-10H,5H2,1-2H3. The fourth-order valence-electron chi connectivity index (χ4n) is 0.938. The third kappa shape index (κ3) is 1.39. The van der Waals surface area contributed by atoms with Crippen LogP contribution in [0.4, 0.5) is 0 Å². The van der Waals surface area contributed by atoms with Crippen molar-refractivity contribution in [2.45, 2.75) is 25.9 Å². The first-order valence-electron chi connectivity index (χ1n) is 3.32. The van der Waals surface area contributed by atoms with Gasteiger partial charge in [0.1, 0.15) is 0 Å². The zero-order valence-electron chi connectivity index (χ0n) is 6.26. The molecule has 1 unspecified atom stereocenters. The van der Waals surface area contributed by atoms with Gasteiger partial charge in [-0.2, -0.15) is 0 Å². The second-order valence-corrected chi connectivity index (χ2v) is 3.00. The van der Waals surface area contributed by atoms with Crippen molar-refractivity contribution in [3.05, 3.63) is 23.5 Å². The molecule has 0 bridgehead atoms. The molecule has 2 N–H and O–H groups in total. The molecule has 1 aliphatic carbocycles. The summed E-state index contributed by atoms with van der Waals surface area (Å²) in [4.78, 5) is 0. The molecule has 0 amide bonds. The lowest BCUT2D eigenvalue weighted by atomic mass is 9.93. The smallest absolute Gasteiger partial charge is 0.0983 e. The first-order chi connectivity index (χ1) is 4.51. The lowest BCUT2D eigenvalue weighted by molar-refractivity contribution is 0.0956. The molecule has 0 aromatic rings. The van der Waals surface area contributed by atoms with Crippen molar-refractivity contribution in [3.63, 3.8) is 0 Å². The molecule has 0 fully saturated rings. The average molecular weight is 140 g/mol. The van der Waals surface area contributed by atoms with Crippen LogP contribution in [0.2, 0.25) is 0 Å². The van der Waals surface area contributed by atoms with Crippen LogP contribution in [0.1, 0.15) is 20.3 Å². The molecule has 1 atom stereocenters. The van der Waals surface area contributed by atoms with Gasteiger partial charge in [0.05, 0.1) is 11.4 Å². The Hall–Kier alpha value is -0.760. The molecule has 0 saturated carbocycles. The third-order valence-corrected chi connectivity index (χ3v) is 1.67. The minimum Gasteiger partial charge on any atom is -0.512 e. The van der Waals surface area contributed by atoms with Gasteiger partial charge in [-0.3, -0.25) is 0 Å². The monoisotopic (exact) mass is 140 g/mol. The Bertz CT molecular complexity index is 199. The van der Waals surface area contributed by atoms with E-state index in [9.17, 15) is 10.2 Å². The molecule has 10 heavy (non-hydrogen) atoms. The minimum absolute atomic E-state index is 0.285. The van der Waals surface area contributed by atoms with Crippen LogP contribution >= 0.6 is 0 Å². The molecular formula is C8H12O2. The Labute approximate surface area is 60.5 Å². The molecule has 2 heteroatoms. The lowest BCUT2D eigenvalue weighted by Crippen LogP contribution is -2.23. The summed E-state index contributed by atoms with van der Waals surface area (Å²) in [6, 6.07) is 0. The van der Waals surface area contributed by atoms with Gasteiger partial charge in [0, 0.05) is 6.42 Å². The first kappa shape index (κ1) is 7.35. The molecule has 0 saturated heterocycles. The van der Waals surface area contributed by atoms with Crippen molar-refractivity contribution in [3.8, 4) is 0 Å². The summed E-state index contributed by atoms with van der Waals surface area (Å²) in [6.45, 7) is 3.49. The third-order valence-electron chi connectivity index (χ3n) is 1.67. The number of allylic oxidation sites excluding steroid dienone is 2. The zero-order valence-corrected chi connectivity index (χ0v) is 6.26. The number of hydrogen-bond donors (Lipinski definition) is 2. The fourth-order valence-corrected chi connectivity index (χ4v) is 0.938. The number of aliphatic hydroxyl groups is 2. The summed E-state index contributed by atoms with van der Waals surface area (Å²) in [6.07, 6.45) is 3.76. The van der Waals surface area contributed by atoms with E-state index in [1.165, 1.54) is 0 Å². The minimum atomic E-state index is -0.858. The maximum absolute atomic E-state index is 9.38. The maximum atomic E-state index is 9.38. The SMILES string of the molecule is CC1=C(O)CC(C)(O)C=C1. The van der Waals surface area contributed by atoms with Crippen LogP contribution in [0, 0.1) is 0 Å². The summed E-state index contributed by atoms with van der Waals surface area (Å²) >= 11 is 0. The predicted molar refractivity (Wildman–Crippen MR) is 39.7 cm³/mol. The highest BCUT2D eigenvalue weighted by atomic mass is 16.3. The molecule has 56 valence electrons. The quantitative estimate of drug-likeness (QED) is 0.535. The van der Waals surface area contributed by atoms with Crippen molar-refractivity contribution in [1.82, 2.24) is 0 Å². The van der Waals surface area contributed by atoms with Crippen molar-refractivity contribution < 1.29 is 10.2 Å². The maximum Gasteiger partial charge on any atom is 0.0983 e. The van der Waals surface area contributed by atoms with E-state index in [0.29, 0.717) is 6.42 Å². The fraction of sp³-hybridized carbons (Fsp3) is 0.500. The number of rotatable bonds is 0. The van der Waals surface area contributed by atoms with Gasteiger partial charge < -0.3 is 10.2 Å². The highest BCUT2D eigenvalue weighted by molar-refractivity contribution is 5.28. The Morgan fingerprint density at radius 2 is 2.20 bits per heavy atom. The van der Waals surface area contributed by atoms with Crippen molar-refractivity contribution in [1.29, 1.82) is 0 Å². The van der Waals surface area contributed by atoms with Crippen molar-refractivity contribution in [2.75, 3.05) is 0 Å². The molecule has 0 aliphatic heterocycles. The summed E-state index contributed by atoms with van der Waals surface area (Å²) in [5, 5.41) is 18.6. The second kappa shape index (κ2) is 2.13.